The first kappa shape index (κ1) is 13.2. The molecule has 0 saturated heterocycles. The van der Waals surface area contributed by atoms with Crippen LogP contribution in [0.4, 0.5) is 0 Å². The molecule has 0 amide bonds. The predicted octanol–water partition coefficient (Wildman–Crippen LogP) is 3.26. The van der Waals surface area contributed by atoms with E-state index in [4.69, 9.17) is 4.74 Å². The highest BCUT2D eigenvalue weighted by Crippen LogP contribution is 2.27. The molecule has 0 aliphatic heterocycles. The fraction of sp³-hybridized carbons (Fsp3) is 0.400. The molecule has 2 aromatic rings. The molecule has 1 aromatic heterocycles. The number of aromatic nitrogens is 2. The highest BCUT2D eigenvalue weighted by atomic mass is 32.1. The van der Waals surface area contributed by atoms with Gasteiger partial charge in [0.1, 0.15) is 10.6 Å². The summed E-state index contributed by atoms with van der Waals surface area (Å²) in [5, 5.41) is 4.04. The van der Waals surface area contributed by atoms with Gasteiger partial charge in [0.2, 0.25) is 5.78 Å². The van der Waals surface area contributed by atoms with E-state index >= 15 is 0 Å². The van der Waals surface area contributed by atoms with Crippen LogP contribution in [0.15, 0.2) is 24.3 Å². The van der Waals surface area contributed by atoms with E-state index in [0.717, 1.165) is 37.1 Å². The first-order chi connectivity index (χ1) is 9.78. The van der Waals surface area contributed by atoms with Gasteiger partial charge in [0, 0.05) is 5.56 Å². The van der Waals surface area contributed by atoms with Crippen molar-refractivity contribution < 1.29 is 9.53 Å². The van der Waals surface area contributed by atoms with E-state index in [1.54, 1.807) is 0 Å². The summed E-state index contributed by atoms with van der Waals surface area (Å²) in [4.78, 5) is 13.1. The molecule has 0 unspecified atom stereocenters. The van der Waals surface area contributed by atoms with E-state index in [1.807, 2.05) is 24.3 Å². The van der Waals surface area contributed by atoms with Crippen molar-refractivity contribution in [3.05, 3.63) is 40.4 Å². The number of hydrogen-bond acceptors (Lipinski definition) is 5. The second kappa shape index (κ2) is 5.71. The van der Waals surface area contributed by atoms with Crippen molar-refractivity contribution in [1.29, 1.82) is 0 Å². The summed E-state index contributed by atoms with van der Waals surface area (Å²) >= 11 is 1.18. The molecule has 1 saturated carbocycles. The van der Waals surface area contributed by atoms with Crippen molar-refractivity contribution in [2.75, 3.05) is 0 Å². The van der Waals surface area contributed by atoms with Crippen LogP contribution in [0.5, 0.6) is 5.75 Å². The molecule has 104 valence electrons. The summed E-state index contributed by atoms with van der Waals surface area (Å²) in [5.74, 6) is 0.835. The smallest absolute Gasteiger partial charge is 0.206 e. The van der Waals surface area contributed by atoms with Crippen molar-refractivity contribution in [3.8, 4) is 5.75 Å². The minimum Gasteiger partial charge on any atom is -0.490 e. The summed E-state index contributed by atoms with van der Waals surface area (Å²) < 4.78 is 9.58. The lowest BCUT2D eigenvalue weighted by atomic mass is 10.1. The number of rotatable bonds is 6. The molecule has 1 fully saturated rings. The van der Waals surface area contributed by atoms with Crippen molar-refractivity contribution in [1.82, 2.24) is 9.59 Å². The van der Waals surface area contributed by atoms with Crippen LogP contribution in [0, 0.1) is 0 Å². The molecular formula is C15H16N2O2S. The minimum atomic E-state index is 0.00132. The number of hydrogen-bond donors (Lipinski definition) is 0. The standard InChI is InChI=1S/C15H16N2O2S/c1-2-3-13-15(20-17-16-13)14(18)10-4-6-11(7-5-10)19-12-8-9-12/h4-7,12H,2-3,8-9H2,1H3. The van der Waals surface area contributed by atoms with Crippen LogP contribution in [0.3, 0.4) is 0 Å². The second-order valence-electron chi connectivity index (χ2n) is 4.97. The number of nitrogens with zero attached hydrogens (tertiary/aromatic N) is 2. The maximum Gasteiger partial charge on any atom is 0.206 e. The van der Waals surface area contributed by atoms with Crippen molar-refractivity contribution >= 4 is 17.3 Å². The number of ketones is 1. The Morgan fingerprint density at radius 2 is 2.10 bits per heavy atom. The molecule has 0 N–H and O–H groups in total. The van der Waals surface area contributed by atoms with E-state index in [1.165, 1.54) is 11.5 Å². The number of aryl methyl sites for hydroxylation is 1. The Morgan fingerprint density at radius 3 is 2.75 bits per heavy atom. The van der Waals surface area contributed by atoms with E-state index in [2.05, 4.69) is 16.5 Å². The Labute approximate surface area is 122 Å². The molecule has 20 heavy (non-hydrogen) atoms. The Morgan fingerprint density at radius 1 is 1.35 bits per heavy atom. The zero-order chi connectivity index (χ0) is 13.9. The van der Waals surface area contributed by atoms with Gasteiger partial charge >= 0.3 is 0 Å². The third-order valence-corrected chi connectivity index (χ3v) is 3.96. The normalized spacial score (nSPS) is 14.2. The fourth-order valence-corrected chi connectivity index (χ4v) is 2.65. The SMILES string of the molecule is CCCc1nnsc1C(=O)c1ccc(OC2CC2)cc1. The van der Waals surface area contributed by atoms with E-state index in [0.29, 0.717) is 16.5 Å². The van der Waals surface area contributed by atoms with Crippen molar-refractivity contribution in [3.63, 3.8) is 0 Å². The quantitative estimate of drug-likeness (QED) is 0.766. The molecule has 5 heteroatoms. The summed E-state index contributed by atoms with van der Waals surface area (Å²) in [5.41, 5.74) is 1.47. The number of carbonyl (C=O) groups is 1. The average molecular weight is 288 g/mol. The van der Waals surface area contributed by atoms with Gasteiger partial charge in [-0.15, -0.1) is 5.10 Å². The Balaban J connectivity index is 1.76. The van der Waals surface area contributed by atoms with Gasteiger partial charge in [0.25, 0.3) is 0 Å². The van der Waals surface area contributed by atoms with Crippen molar-refractivity contribution in [2.24, 2.45) is 0 Å². The number of ether oxygens (including phenoxy) is 1. The van der Waals surface area contributed by atoms with Gasteiger partial charge in [-0.25, -0.2) is 0 Å². The predicted molar refractivity (Wildman–Crippen MR) is 77.4 cm³/mol. The lowest BCUT2D eigenvalue weighted by Crippen LogP contribution is -2.03. The van der Waals surface area contributed by atoms with Gasteiger partial charge in [-0.05, 0) is 55.1 Å². The van der Waals surface area contributed by atoms with Gasteiger partial charge in [-0.1, -0.05) is 17.8 Å². The molecule has 4 nitrogen and oxygen atoms in total. The Hall–Kier alpha value is -1.75. The van der Waals surface area contributed by atoms with Gasteiger partial charge < -0.3 is 4.74 Å². The largest absolute Gasteiger partial charge is 0.490 e. The maximum absolute atomic E-state index is 12.4. The fourth-order valence-electron chi connectivity index (χ4n) is 1.98. The molecule has 3 rings (SSSR count). The monoisotopic (exact) mass is 288 g/mol. The zero-order valence-corrected chi connectivity index (χ0v) is 12.2. The first-order valence-electron chi connectivity index (χ1n) is 6.90. The van der Waals surface area contributed by atoms with Crippen LogP contribution in [0.25, 0.3) is 0 Å². The van der Waals surface area contributed by atoms with E-state index in [-0.39, 0.29) is 5.78 Å². The highest BCUT2D eigenvalue weighted by Gasteiger charge is 2.23. The first-order valence-corrected chi connectivity index (χ1v) is 7.68. The third kappa shape index (κ3) is 2.88. The number of carbonyl (C=O) groups excluding carboxylic acids is 1. The van der Waals surface area contributed by atoms with Crippen LogP contribution in [-0.4, -0.2) is 21.5 Å². The van der Waals surface area contributed by atoms with Crippen LogP contribution in [-0.2, 0) is 6.42 Å². The lowest BCUT2D eigenvalue weighted by molar-refractivity contribution is 0.104. The third-order valence-electron chi connectivity index (χ3n) is 3.19. The van der Waals surface area contributed by atoms with Crippen LogP contribution >= 0.6 is 11.5 Å². The molecule has 0 bridgehead atoms. The molecular weight excluding hydrogens is 272 g/mol. The van der Waals surface area contributed by atoms with Crippen LogP contribution in [0.2, 0.25) is 0 Å². The molecule has 0 spiro atoms. The Kier molecular flexibility index (Phi) is 3.78. The van der Waals surface area contributed by atoms with Gasteiger partial charge in [0.05, 0.1) is 11.8 Å². The summed E-state index contributed by atoms with van der Waals surface area (Å²) in [7, 11) is 0. The second-order valence-corrected chi connectivity index (χ2v) is 5.72. The molecule has 1 heterocycles. The topological polar surface area (TPSA) is 52.1 Å². The summed E-state index contributed by atoms with van der Waals surface area (Å²) in [6.07, 6.45) is 4.39. The molecule has 0 radical (unpaired) electrons. The highest BCUT2D eigenvalue weighted by molar-refractivity contribution is 7.08. The van der Waals surface area contributed by atoms with Gasteiger partial charge in [0.15, 0.2) is 0 Å². The summed E-state index contributed by atoms with van der Waals surface area (Å²) in [6, 6.07) is 7.35. The molecule has 1 aliphatic rings. The molecule has 1 aliphatic carbocycles. The number of benzene rings is 1. The van der Waals surface area contributed by atoms with E-state index < -0.39 is 0 Å². The average Bonchev–Trinajstić information content (AvgIpc) is 3.15. The minimum absolute atomic E-state index is 0.00132. The maximum atomic E-state index is 12.4. The van der Waals surface area contributed by atoms with E-state index in [9.17, 15) is 4.79 Å². The Bertz CT molecular complexity index is 603. The van der Waals surface area contributed by atoms with Crippen LogP contribution < -0.4 is 4.74 Å². The zero-order valence-electron chi connectivity index (χ0n) is 11.3. The lowest BCUT2D eigenvalue weighted by Gasteiger charge is -2.05. The van der Waals surface area contributed by atoms with Crippen molar-refractivity contribution in [2.45, 2.75) is 38.7 Å². The molecule has 0 atom stereocenters. The molecule has 1 aromatic carbocycles. The van der Waals surface area contributed by atoms with Gasteiger partial charge in [-0.3, -0.25) is 4.79 Å². The summed E-state index contributed by atoms with van der Waals surface area (Å²) in [6.45, 7) is 2.07. The van der Waals surface area contributed by atoms with Gasteiger partial charge in [-0.2, -0.15) is 0 Å². The van der Waals surface area contributed by atoms with Crippen LogP contribution in [0.1, 0.15) is 47.1 Å².